The van der Waals surface area contributed by atoms with Gasteiger partial charge in [-0.2, -0.15) is 0 Å². The Bertz CT molecular complexity index is 581. The van der Waals surface area contributed by atoms with Gasteiger partial charge in [0.1, 0.15) is 11.6 Å². The summed E-state index contributed by atoms with van der Waals surface area (Å²) in [6.07, 6.45) is 1.83. The molecule has 0 fully saturated rings. The predicted octanol–water partition coefficient (Wildman–Crippen LogP) is 2.65. The molecule has 2 rings (SSSR count). The quantitative estimate of drug-likeness (QED) is 0.854. The summed E-state index contributed by atoms with van der Waals surface area (Å²) < 4.78 is 5.20. The molecule has 5 heteroatoms. The number of rotatable bonds is 6. The van der Waals surface area contributed by atoms with Gasteiger partial charge in [-0.1, -0.05) is 13.8 Å². The first-order valence-electron chi connectivity index (χ1n) is 7.11. The largest absolute Gasteiger partial charge is 0.497 e. The van der Waals surface area contributed by atoms with Gasteiger partial charge in [0.15, 0.2) is 0 Å². The molecule has 0 spiro atoms. The fourth-order valence-corrected chi connectivity index (χ4v) is 1.98. The molecule has 0 amide bonds. The van der Waals surface area contributed by atoms with Crippen molar-refractivity contribution in [2.45, 2.75) is 19.8 Å². The van der Waals surface area contributed by atoms with E-state index in [1.807, 2.05) is 30.5 Å². The lowest BCUT2D eigenvalue weighted by molar-refractivity contribution is 0.415. The predicted molar refractivity (Wildman–Crippen MR) is 85.7 cm³/mol. The normalized spacial score (nSPS) is 10.7. The number of hydrogen-bond donors (Lipinski definition) is 2. The van der Waals surface area contributed by atoms with Crippen LogP contribution in [0.5, 0.6) is 5.75 Å². The van der Waals surface area contributed by atoms with Gasteiger partial charge in [0.25, 0.3) is 0 Å². The molecule has 2 aromatic rings. The van der Waals surface area contributed by atoms with E-state index in [9.17, 15) is 0 Å². The summed E-state index contributed by atoms with van der Waals surface area (Å²) in [7, 11) is 1.66. The highest BCUT2D eigenvalue weighted by molar-refractivity contribution is 5.74. The molecule has 0 saturated heterocycles. The number of anilines is 1. The van der Waals surface area contributed by atoms with Crippen LogP contribution in [0.1, 0.15) is 25.6 Å². The number of aromatic nitrogens is 2. The van der Waals surface area contributed by atoms with Crippen molar-refractivity contribution in [1.82, 2.24) is 9.97 Å². The standard InChI is InChI=1S/C16H22N4O/c1-11(2)16-19-10-14(18-9-8-17)15(20-16)12-4-6-13(21-3)7-5-12/h4-7,10-11,18H,8-9,17H2,1-3H3. The second-order valence-corrected chi connectivity index (χ2v) is 5.09. The molecule has 5 nitrogen and oxygen atoms in total. The molecule has 0 aliphatic rings. The van der Waals surface area contributed by atoms with E-state index in [1.54, 1.807) is 7.11 Å². The Labute approximate surface area is 125 Å². The van der Waals surface area contributed by atoms with Gasteiger partial charge in [-0.05, 0) is 24.3 Å². The number of methoxy groups -OCH3 is 1. The van der Waals surface area contributed by atoms with E-state index in [2.05, 4.69) is 24.1 Å². The number of nitrogens with zero attached hydrogens (tertiary/aromatic N) is 2. The maximum absolute atomic E-state index is 5.56. The molecule has 21 heavy (non-hydrogen) atoms. The Morgan fingerprint density at radius 2 is 1.95 bits per heavy atom. The van der Waals surface area contributed by atoms with E-state index in [0.29, 0.717) is 13.1 Å². The molecule has 0 aliphatic carbocycles. The maximum atomic E-state index is 5.56. The highest BCUT2D eigenvalue weighted by Gasteiger charge is 2.11. The molecule has 1 aromatic heterocycles. The van der Waals surface area contributed by atoms with E-state index in [0.717, 1.165) is 28.5 Å². The number of benzene rings is 1. The first kappa shape index (κ1) is 15.3. The molecule has 0 radical (unpaired) electrons. The van der Waals surface area contributed by atoms with E-state index in [1.165, 1.54) is 0 Å². The summed E-state index contributed by atoms with van der Waals surface area (Å²) in [5.74, 6) is 1.94. The monoisotopic (exact) mass is 286 g/mol. The van der Waals surface area contributed by atoms with Crippen LogP contribution in [0, 0.1) is 0 Å². The number of ether oxygens (including phenoxy) is 1. The SMILES string of the molecule is COc1ccc(-c2nc(C(C)C)ncc2NCCN)cc1. The third-order valence-corrected chi connectivity index (χ3v) is 3.15. The Morgan fingerprint density at radius 1 is 1.24 bits per heavy atom. The fourth-order valence-electron chi connectivity index (χ4n) is 1.98. The van der Waals surface area contributed by atoms with E-state index in [-0.39, 0.29) is 5.92 Å². The topological polar surface area (TPSA) is 73.1 Å². The Kier molecular flexibility index (Phi) is 5.11. The zero-order chi connectivity index (χ0) is 15.2. The molecule has 0 unspecified atom stereocenters. The van der Waals surface area contributed by atoms with Crippen LogP contribution < -0.4 is 15.8 Å². The fraction of sp³-hybridized carbons (Fsp3) is 0.375. The summed E-state index contributed by atoms with van der Waals surface area (Å²) in [6, 6.07) is 7.86. The van der Waals surface area contributed by atoms with Crippen LogP contribution in [-0.2, 0) is 0 Å². The van der Waals surface area contributed by atoms with Crippen molar-refractivity contribution < 1.29 is 4.74 Å². The van der Waals surface area contributed by atoms with Gasteiger partial charge in [0.2, 0.25) is 0 Å². The lowest BCUT2D eigenvalue weighted by atomic mass is 10.1. The van der Waals surface area contributed by atoms with Gasteiger partial charge in [-0.25, -0.2) is 9.97 Å². The Morgan fingerprint density at radius 3 is 2.52 bits per heavy atom. The maximum Gasteiger partial charge on any atom is 0.131 e. The molecule has 112 valence electrons. The van der Waals surface area contributed by atoms with Gasteiger partial charge >= 0.3 is 0 Å². The van der Waals surface area contributed by atoms with Crippen molar-refractivity contribution in [2.75, 3.05) is 25.5 Å². The van der Waals surface area contributed by atoms with Crippen LogP contribution in [-0.4, -0.2) is 30.2 Å². The first-order chi connectivity index (χ1) is 10.2. The third kappa shape index (κ3) is 3.70. The average Bonchev–Trinajstić information content (AvgIpc) is 2.52. The van der Waals surface area contributed by atoms with E-state index >= 15 is 0 Å². The molecular weight excluding hydrogens is 264 g/mol. The Hall–Kier alpha value is -2.14. The molecule has 1 heterocycles. The highest BCUT2D eigenvalue weighted by atomic mass is 16.5. The number of nitrogens with one attached hydrogen (secondary N) is 1. The second kappa shape index (κ2) is 7.04. The van der Waals surface area contributed by atoms with Gasteiger partial charge in [-0.15, -0.1) is 0 Å². The first-order valence-corrected chi connectivity index (χ1v) is 7.11. The van der Waals surface area contributed by atoms with Gasteiger partial charge < -0.3 is 15.8 Å². The smallest absolute Gasteiger partial charge is 0.131 e. The Balaban J connectivity index is 2.42. The van der Waals surface area contributed by atoms with Crippen LogP contribution in [0.25, 0.3) is 11.3 Å². The average molecular weight is 286 g/mol. The van der Waals surface area contributed by atoms with Crippen LogP contribution in [0.3, 0.4) is 0 Å². The van der Waals surface area contributed by atoms with Crippen LogP contribution in [0.2, 0.25) is 0 Å². The zero-order valence-corrected chi connectivity index (χ0v) is 12.8. The van der Waals surface area contributed by atoms with Gasteiger partial charge in [0.05, 0.1) is 24.7 Å². The summed E-state index contributed by atoms with van der Waals surface area (Å²) >= 11 is 0. The summed E-state index contributed by atoms with van der Waals surface area (Å²) in [5, 5.41) is 3.27. The lowest BCUT2D eigenvalue weighted by Gasteiger charge is -2.13. The second-order valence-electron chi connectivity index (χ2n) is 5.09. The molecule has 0 saturated carbocycles. The van der Waals surface area contributed by atoms with Crippen molar-refractivity contribution >= 4 is 5.69 Å². The van der Waals surface area contributed by atoms with Crippen LogP contribution >= 0.6 is 0 Å². The molecule has 0 atom stereocenters. The van der Waals surface area contributed by atoms with Crippen molar-refractivity contribution in [2.24, 2.45) is 5.73 Å². The minimum atomic E-state index is 0.283. The summed E-state index contributed by atoms with van der Waals surface area (Å²) in [6.45, 7) is 5.42. The minimum Gasteiger partial charge on any atom is -0.497 e. The van der Waals surface area contributed by atoms with Crippen molar-refractivity contribution in [3.05, 3.63) is 36.3 Å². The minimum absolute atomic E-state index is 0.283. The van der Waals surface area contributed by atoms with Gasteiger partial charge in [0, 0.05) is 24.6 Å². The van der Waals surface area contributed by atoms with Crippen molar-refractivity contribution in [3.63, 3.8) is 0 Å². The van der Waals surface area contributed by atoms with Gasteiger partial charge in [-0.3, -0.25) is 0 Å². The third-order valence-electron chi connectivity index (χ3n) is 3.15. The van der Waals surface area contributed by atoms with Crippen molar-refractivity contribution in [3.8, 4) is 17.0 Å². The van der Waals surface area contributed by atoms with Crippen LogP contribution in [0.15, 0.2) is 30.5 Å². The van der Waals surface area contributed by atoms with E-state index < -0.39 is 0 Å². The summed E-state index contributed by atoms with van der Waals surface area (Å²) in [5.41, 5.74) is 8.38. The zero-order valence-electron chi connectivity index (χ0n) is 12.8. The summed E-state index contributed by atoms with van der Waals surface area (Å²) in [4.78, 5) is 9.11. The van der Waals surface area contributed by atoms with E-state index in [4.69, 9.17) is 15.5 Å². The molecule has 3 N–H and O–H groups in total. The lowest BCUT2D eigenvalue weighted by Crippen LogP contribution is -2.14. The molecule has 0 aliphatic heterocycles. The van der Waals surface area contributed by atoms with Crippen molar-refractivity contribution in [1.29, 1.82) is 0 Å². The highest BCUT2D eigenvalue weighted by Crippen LogP contribution is 2.28. The molecule has 1 aromatic carbocycles. The molecule has 0 bridgehead atoms. The number of hydrogen-bond acceptors (Lipinski definition) is 5. The van der Waals surface area contributed by atoms with Crippen LogP contribution in [0.4, 0.5) is 5.69 Å². The molecular formula is C16H22N4O. The number of nitrogens with two attached hydrogens (primary N) is 1.